The number of fused-ring (bicyclic) bond motifs is 6. The molecule has 1 aliphatic carbocycles. The van der Waals surface area contributed by atoms with E-state index < -0.39 is 0 Å². The first-order valence-corrected chi connectivity index (χ1v) is 19.8. The number of rotatable bonds is 7. The maximum Gasteiger partial charge on any atom is 0.161 e. The molecule has 0 fully saturated rings. The van der Waals surface area contributed by atoms with Crippen LogP contribution in [0.4, 0.5) is 0 Å². The van der Waals surface area contributed by atoms with Crippen molar-refractivity contribution >= 4 is 67.7 Å². The molecule has 0 N–H and O–H groups in total. The molecule has 1 atom stereocenters. The van der Waals surface area contributed by atoms with Gasteiger partial charge in [0.1, 0.15) is 5.58 Å². The maximum atomic E-state index is 6.86. The van der Waals surface area contributed by atoms with Crippen LogP contribution in [0.25, 0.3) is 66.1 Å². The monoisotopic (exact) mass is 748 g/mol. The van der Waals surface area contributed by atoms with E-state index >= 15 is 0 Å². The fourth-order valence-corrected chi connectivity index (χ4v) is 8.14. The van der Waals surface area contributed by atoms with Crippen LogP contribution in [0.1, 0.15) is 35.6 Å². The van der Waals surface area contributed by atoms with Crippen LogP contribution < -0.4 is 0 Å². The number of para-hydroxylation sites is 1. The van der Waals surface area contributed by atoms with E-state index in [2.05, 4.69) is 145 Å². The molecule has 0 aliphatic heterocycles. The van der Waals surface area contributed by atoms with Gasteiger partial charge in [-0.2, -0.15) is 0 Å². The molecule has 0 radical (unpaired) electrons. The average molecular weight is 749 g/mol. The Morgan fingerprint density at radius 1 is 0.638 bits per heavy atom. The molecule has 2 aromatic heterocycles. The summed E-state index contributed by atoms with van der Waals surface area (Å²) in [6.07, 6.45) is 8.00. The fraction of sp³-hybridized carbons (Fsp3) is 0.0755. The third-order valence-corrected chi connectivity index (χ3v) is 11.1. The molecular weight excluding hydrogens is 709 g/mol. The van der Waals surface area contributed by atoms with Crippen molar-refractivity contribution in [3.05, 3.63) is 204 Å². The Balaban J connectivity index is 1.09. The second-order valence-corrected chi connectivity index (χ2v) is 14.9. The molecule has 0 saturated carbocycles. The minimum atomic E-state index is 0.413. The maximum absolute atomic E-state index is 6.86. The summed E-state index contributed by atoms with van der Waals surface area (Å²) in [6, 6.07) is 57.1. The van der Waals surface area contributed by atoms with Gasteiger partial charge < -0.3 is 8.98 Å². The lowest BCUT2D eigenvalue weighted by Crippen LogP contribution is -2.05. The predicted molar refractivity (Wildman–Crippen MR) is 244 cm³/mol. The van der Waals surface area contributed by atoms with Gasteiger partial charge >= 0.3 is 0 Å². The summed E-state index contributed by atoms with van der Waals surface area (Å²) in [5.41, 5.74) is 12.6. The van der Waals surface area contributed by atoms with E-state index in [9.17, 15) is 0 Å². The first-order valence-electron chi connectivity index (χ1n) is 19.8. The number of aromatic nitrogens is 1. The van der Waals surface area contributed by atoms with Gasteiger partial charge in [-0.15, -0.1) is 0 Å². The van der Waals surface area contributed by atoms with Crippen molar-refractivity contribution in [3.8, 4) is 16.8 Å². The zero-order chi connectivity index (χ0) is 39.0. The van der Waals surface area contributed by atoms with E-state index in [-0.39, 0.29) is 0 Å². The second-order valence-electron chi connectivity index (χ2n) is 14.9. The lowest BCUT2D eigenvalue weighted by Gasteiger charge is -2.12. The zero-order valence-electron chi connectivity index (χ0n) is 32.2. The van der Waals surface area contributed by atoms with Crippen molar-refractivity contribution in [1.82, 2.24) is 4.57 Å². The molecule has 278 valence electrons. The Morgan fingerprint density at radius 3 is 2.00 bits per heavy atom. The van der Waals surface area contributed by atoms with Gasteiger partial charge in [0.15, 0.2) is 17.3 Å². The lowest BCUT2D eigenvalue weighted by molar-refractivity contribution is 0.665. The van der Waals surface area contributed by atoms with E-state index in [0.717, 1.165) is 61.8 Å². The SMILES string of the molecule is C=N/C(=N\C(=N/Cc1ccc2c(c1)oc1c(-n3c4ccc(C5=CCC(C)C=C5)cc4c4cc(-c5ccccc5)ccc43)cccc12)c1ccccc1)c1ccccc1. The van der Waals surface area contributed by atoms with Crippen LogP contribution in [0.15, 0.2) is 201 Å². The summed E-state index contributed by atoms with van der Waals surface area (Å²) in [6.45, 7) is 6.48. The van der Waals surface area contributed by atoms with Crippen molar-refractivity contribution in [2.24, 2.45) is 20.9 Å². The molecule has 1 unspecified atom stereocenters. The van der Waals surface area contributed by atoms with Crippen LogP contribution in [0.5, 0.6) is 0 Å². The van der Waals surface area contributed by atoms with Crippen molar-refractivity contribution in [2.45, 2.75) is 19.9 Å². The standard InChI is InChI=1S/C53H40N4O/c1-35-21-24-38(25-22-35)42-27-30-48-46(33-42)45-32-41(37-13-6-3-7-14-37)26-29-47(45)57(48)49-20-12-19-44-43-28-23-36(31-50(43)58-51(44)49)34-55-53(40-17-10-5-11-18-40)56-52(54-2)39-15-8-4-9-16-39/h3-21,23-33,35H,2,22,34H2,1H3/b55-53-,56-52-. The minimum absolute atomic E-state index is 0.413. The highest BCUT2D eigenvalue weighted by Crippen LogP contribution is 2.40. The average Bonchev–Trinajstić information content (AvgIpc) is 3.82. The van der Waals surface area contributed by atoms with Gasteiger partial charge in [0, 0.05) is 32.7 Å². The molecule has 1 aliphatic rings. The highest BCUT2D eigenvalue weighted by molar-refractivity contribution is 6.15. The van der Waals surface area contributed by atoms with E-state index in [1.807, 2.05) is 60.7 Å². The Kier molecular flexibility index (Phi) is 9.04. The van der Waals surface area contributed by atoms with Crippen LogP contribution in [0.3, 0.4) is 0 Å². The lowest BCUT2D eigenvalue weighted by atomic mass is 9.93. The number of aliphatic imine (C=N–C) groups is 3. The third-order valence-electron chi connectivity index (χ3n) is 11.1. The summed E-state index contributed by atoms with van der Waals surface area (Å²) in [5, 5.41) is 4.55. The van der Waals surface area contributed by atoms with Gasteiger partial charge in [0.25, 0.3) is 0 Å². The summed E-state index contributed by atoms with van der Waals surface area (Å²) >= 11 is 0. The van der Waals surface area contributed by atoms with Gasteiger partial charge in [-0.1, -0.05) is 153 Å². The molecular formula is C53H40N4O. The topological polar surface area (TPSA) is 55.1 Å². The highest BCUT2D eigenvalue weighted by atomic mass is 16.3. The van der Waals surface area contributed by atoms with Crippen LogP contribution >= 0.6 is 0 Å². The van der Waals surface area contributed by atoms with Gasteiger partial charge in [-0.25, -0.2) is 9.98 Å². The number of allylic oxidation sites excluding steroid dienone is 4. The quantitative estimate of drug-likeness (QED) is 0.118. The normalized spacial score (nSPS) is 14.8. The number of hydrogen-bond acceptors (Lipinski definition) is 2. The molecule has 10 rings (SSSR count). The van der Waals surface area contributed by atoms with Crippen LogP contribution in [-0.2, 0) is 6.54 Å². The van der Waals surface area contributed by atoms with E-state index in [1.54, 1.807) is 0 Å². The van der Waals surface area contributed by atoms with Crippen LogP contribution in [0, 0.1) is 5.92 Å². The summed E-state index contributed by atoms with van der Waals surface area (Å²) in [7, 11) is 0. The van der Waals surface area contributed by atoms with Crippen LogP contribution in [-0.4, -0.2) is 23.0 Å². The van der Waals surface area contributed by atoms with E-state index in [1.165, 1.54) is 33.0 Å². The third kappa shape index (κ3) is 6.47. The van der Waals surface area contributed by atoms with E-state index in [4.69, 9.17) is 14.4 Å². The molecule has 7 aromatic carbocycles. The largest absolute Gasteiger partial charge is 0.454 e. The second kappa shape index (κ2) is 14.9. The van der Waals surface area contributed by atoms with Crippen molar-refractivity contribution < 1.29 is 4.42 Å². The molecule has 0 amide bonds. The first kappa shape index (κ1) is 35.1. The molecule has 0 spiro atoms. The minimum Gasteiger partial charge on any atom is -0.454 e. The van der Waals surface area contributed by atoms with Crippen molar-refractivity contribution in [2.75, 3.05) is 0 Å². The highest BCUT2D eigenvalue weighted by Gasteiger charge is 2.20. The van der Waals surface area contributed by atoms with Gasteiger partial charge in [0.2, 0.25) is 0 Å². The first-order chi connectivity index (χ1) is 28.6. The Morgan fingerprint density at radius 2 is 1.31 bits per heavy atom. The summed E-state index contributed by atoms with van der Waals surface area (Å²) in [4.78, 5) is 14.2. The van der Waals surface area contributed by atoms with Gasteiger partial charge in [-0.3, -0.25) is 4.99 Å². The zero-order valence-corrected chi connectivity index (χ0v) is 32.2. The van der Waals surface area contributed by atoms with E-state index in [0.29, 0.717) is 24.1 Å². The fourth-order valence-electron chi connectivity index (χ4n) is 8.14. The smallest absolute Gasteiger partial charge is 0.161 e. The molecule has 0 saturated heterocycles. The van der Waals surface area contributed by atoms with Gasteiger partial charge in [-0.05, 0) is 83.3 Å². The number of amidine groups is 2. The van der Waals surface area contributed by atoms with Crippen molar-refractivity contribution in [1.29, 1.82) is 0 Å². The molecule has 9 aromatic rings. The molecule has 2 heterocycles. The number of furan rings is 1. The summed E-state index contributed by atoms with van der Waals surface area (Å²) in [5.74, 6) is 1.68. The Bertz CT molecular complexity index is 3130. The summed E-state index contributed by atoms with van der Waals surface area (Å²) < 4.78 is 9.23. The predicted octanol–water partition coefficient (Wildman–Crippen LogP) is 13.4. The van der Waals surface area contributed by atoms with Gasteiger partial charge in [0.05, 0.1) is 23.3 Å². The number of benzene rings is 7. The molecule has 58 heavy (non-hydrogen) atoms. The molecule has 5 nitrogen and oxygen atoms in total. The van der Waals surface area contributed by atoms with Crippen LogP contribution in [0.2, 0.25) is 0 Å². The Hall–Kier alpha value is -7.37. The number of nitrogens with zero attached hydrogens (tertiary/aromatic N) is 4. The number of hydrogen-bond donors (Lipinski definition) is 0. The Labute approximate surface area is 337 Å². The molecule has 5 heteroatoms. The van der Waals surface area contributed by atoms with Crippen molar-refractivity contribution in [3.63, 3.8) is 0 Å². The molecule has 0 bridgehead atoms.